The summed E-state index contributed by atoms with van der Waals surface area (Å²) in [6.45, 7) is 6.10. The zero-order valence-corrected chi connectivity index (χ0v) is 11.1. The predicted molar refractivity (Wildman–Crippen MR) is 67.5 cm³/mol. The summed E-state index contributed by atoms with van der Waals surface area (Å²) in [5, 5.41) is 0. The smallest absolute Gasteiger partial charge is 0.163 e. The predicted octanol–water partition coefficient (Wildman–Crippen LogP) is 4.44. The zero-order chi connectivity index (χ0) is 11.4. The fraction of sp³-hybridized carbons (Fsp3) is 0.462. The zero-order valence-electron chi connectivity index (χ0n) is 9.56. The maximum absolute atomic E-state index is 11.9. The third-order valence-corrected chi connectivity index (χ3v) is 2.99. The van der Waals surface area contributed by atoms with Gasteiger partial charge in [-0.3, -0.25) is 4.79 Å². The number of hydrogen-bond donors (Lipinski definition) is 0. The van der Waals surface area contributed by atoms with E-state index in [1.54, 1.807) is 0 Å². The number of benzene rings is 1. The van der Waals surface area contributed by atoms with Crippen molar-refractivity contribution in [3.05, 3.63) is 33.3 Å². The molecule has 0 aliphatic carbocycles. The number of aryl methyl sites for hydroxylation is 2. The van der Waals surface area contributed by atoms with Gasteiger partial charge in [0.05, 0.1) is 0 Å². The molecule has 0 radical (unpaired) electrons. The molecule has 0 bridgehead atoms. The van der Waals surface area contributed by atoms with Crippen LogP contribution in [0.25, 0.3) is 0 Å². The fourth-order valence-electron chi connectivity index (χ4n) is 1.81. The first-order valence-electron chi connectivity index (χ1n) is 5.36. The molecule has 0 unspecified atom stereocenters. The maximum Gasteiger partial charge on any atom is 0.163 e. The van der Waals surface area contributed by atoms with Crippen molar-refractivity contribution >= 4 is 21.7 Å². The molecule has 1 aromatic rings. The molecule has 0 aliphatic rings. The van der Waals surface area contributed by atoms with Crippen molar-refractivity contribution in [1.82, 2.24) is 0 Å². The molecule has 0 aliphatic heterocycles. The van der Waals surface area contributed by atoms with E-state index in [0.717, 1.165) is 34.0 Å². The van der Waals surface area contributed by atoms with E-state index in [-0.39, 0.29) is 5.78 Å². The lowest BCUT2D eigenvalue weighted by Gasteiger charge is -2.09. The number of Topliss-reactive ketones (excluding diaryl/α,β-unsaturated/α-hetero) is 1. The molecule has 82 valence electrons. The first-order valence-corrected chi connectivity index (χ1v) is 6.15. The molecule has 0 amide bonds. The van der Waals surface area contributed by atoms with Gasteiger partial charge in [0, 0.05) is 16.5 Å². The lowest BCUT2D eigenvalue weighted by Crippen LogP contribution is -2.04. The summed E-state index contributed by atoms with van der Waals surface area (Å²) in [7, 11) is 0. The Kier molecular flexibility index (Phi) is 4.52. The Morgan fingerprint density at radius 3 is 2.27 bits per heavy atom. The summed E-state index contributed by atoms with van der Waals surface area (Å²) in [6, 6.07) is 4.01. The number of ketones is 1. The number of rotatable bonds is 4. The van der Waals surface area contributed by atoms with E-state index in [4.69, 9.17) is 0 Å². The topological polar surface area (TPSA) is 17.1 Å². The van der Waals surface area contributed by atoms with E-state index < -0.39 is 0 Å². The SMILES string of the molecule is CCCCC(=O)c1c(C)cc(Br)cc1C. The molecule has 0 saturated heterocycles. The highest BCUT2D eigenvalue weighted by Gasteiger charge is 2.12. The van der Waals surface area contributed by atoms with Gasteiger partial charge >= 0.3 is 0 Å². The molecular weight excluding hydrogens is 252 g/mol. The standard InChI is InChI=1S/C13H17BrO/c1-4-5-6-12(15)13-9(2)7-11(14)8-10(13)3/h7-8H,4-6H2,1-3H3. The van der Waals surface area contributed by atoms with E-state index in [1.807, 2.05) is 26.0 Å². The number of unbranched alkanes of at least 4 members (excludes halogenated alkanes) is 1. The van der Waals surface area contributed by atoms with Crippen LogP contribution < -0.4 is 0 Å². The van der Waals surface area contributed by atoms with Crippen LogP contribution in [0.3, 0.4) is 0 Å². The highest BCUT2D eigenvalue weighted by atomic mass is 79.9. The molecule has 0 atom stereocenters. The van der Waals surface area contributed by atoms with Crippen LogP contribution in [0.2, 0.25) is 0 Å². The van der Waals surface area contributed by atoms with Crippen molar-refractivity contribution in [3.63, 3.8) is 0 Å². The fourth-order valence-corrected chi connectivity index (χ4v) is 2.50. The van der Waals surface area contributed by atoms with Crippen molar-refractivity contribution in [2.24, 2.45) is 0 Å². The second-order valence-electron chi connectivity index (χ2n) is 3.94. The normalized spacial score (nSPS) is 10.4. The van der Waals surface area contributed by atoms with Gasteiger partial charge in [0.1, 0.15) is 0 Å². The second-order valence-corrected chi connectivity index (χ2v) is 4.86. The quantitative estimate of drug-likeness (QED) is 0.738. The van der Waals surface area contributed by atoms with Crippen molar-refractivity contribution < 1.29 is 4.79 Å². The third kappa shape index (κ3) is 3.16. The van der Waals surface area contributed by atoms with E-state index in [9.17, 15) is 4.79 Å². The van der Waals surface area contributed by atoms with Crippen LogP contribution in [0.15, 0.2) is 16.6 Å². The molecule has 15 heavy (non-hydrogen) atoms. The minimum absolute atomic E-state index is 0.277. The van der Waals surface area contributed by atoms with Gasteiger partial charge < -0.3 is 0 Å². The summed E-state index contributed by atoms with van der Waals surface area (Å²) in [6.07, 6.45) is 2.72. The van der Waals surface area contributed by atoms with Gasteiger partial charge in [-0.2, -0.15) is 0 Å². The number of carbonyl (C=O) groups excluding carboxylic acids is 1. The molecule has 0 aromatic heterocycles. The lowest BCUT2D eigenvalue weighted by molar-refractivity contribution is 0.0978. The van der Waals surface area contributed by atoms with Gasteiger partial charge in [-0.15, -0.1) is 0 Å². The van der Waals surface area contributed by atoms with Gasteiger partial charge in [-0.05, 0) is 43.5 Å². The lowest BCUT2D eigenvalue weighted by atomic mass is 9.96. The van der Waals surface area contributed by atoms with Gasteiger partial charge in [0.15, 0.2) is 5.78 Å². The molecule has 0 spiro atoms. The minimum atomic E-state index is 0.277. The van der Waals surface area contributed by atoms with Crippen LogP contribution in [0.4, 0.5) is 0 Å². The monoisotopic (exact) mass is 268 g/mol. The van der Waals surface area contributed by atoms with Crippen molar-refractivity contribution in [1.29, 1.82) is 0 Å². The third-order valence-electron chi connectivity index (χ3n) is 2.53. The van der Waals surface area contributed by atoms with Crippen LogP contribution in [0, 0.1) is 13.8 Å². The Morgan fingerprint density at radius 2 is 1.80 bits per heavy atom. The Bertz CT molecular complexity index is 346. The summed E-state index contributed by atoms with van der Waals surface area (Å²) in [5.74, 6) is 0.277. The van der Waals surface area contributed by atoms with Gasteiger partial charge in [-0.1, -0.05) is 29.3 Å². The van der Waals surface area contributed by atoms with Gasteiger partial charge in [0.2, 0.25) is 0 Å². The van der Waals surface area contributed by atoms with Crippen LogP contribution in [-0.2, 0) is 0 Å². The van der Waals surface area contributed by atoms with Crippen molar-refractivity contribution in [3.8, 4) is 0 Å². The minimum Gasteiger partial charge on any atom is -0.294 e. The Balaban J connectivity index is 2.98. The van der Waals surface area contributed by atoms with E-state index in [2.05, 4.69) is 22.9 Å². The second kappa shape index (κ2) is 5.45. The summed E-state index contributed by atoms with van der Waals surface area (Å²) in [4.78, 5) is 11.9. The Morgan fingerprint density at radius 1 is 1.27 bits per heavy atom. The average molecular weight is 269 g/mol. The first kappa shape index (κ1) is 12.4. The van der Waals surface area contributed by atoms with Crippen LogP contribution >= 0.6 is 15.9 Å². The molecule has 0 saturated carbocycles. The van der Waals surface area contributed by atoms with Gasteiger partial charge in [0.25, 0.3) is 0 Å². The van der Waals surface area contributed by atoms with E-state index >= 15 is 0 Å². The van der Waals surface area contributed by atoms with Crippen LogP contribution in [0.5, 0.6) is 0 Å². The summed E-state index contributed by atoms with van der Waals surface area (Å²) >= 11 is 3.44. The molecule has 0 fully saturated rings. The Hall–Kier alpha value is -0.630. The maximum atomic E-state index is 11.9. The summed E-state index contributed by atoms with van der Waals surface area (Å²) < 4.78 is 1.05. The highest BCUT2D eigenvalue weighted by molar-refractivity contribution is 9.10. The first-order chi connectivity index (χ1) is 7.06. The van der Waals surface area contributed by atoms with Crippen molar-refractivity contribution in [2.45, 2.75) is 40.0 Å². The molecule has 0 N–H and O–H groups in total. The average Bonchev–Trinajstić information content (AvgIpc) is 2.12. The van der Waals surface area contributed by atoms with E-state index in [0.29, 0.717) is 6.42 Å². The van der Waals surface area contributed by atoms with Crippen molar-refractivity contribution in [2.75, 3.05) is 0 Å². The number of carbonyl (C=O) groups is 1. The van der Waals surface area contributed by atoms with Crippen LogP contribution in [0.1, 0.15) is 47.7 Å². The van der Waals surface area contributed by atoms with Crippen LogP contribution in [-0.4, -0.2) is 5.78 Å². The molecule has 1 nitrogen and oxygen atoms in total. The molecule has 2 heteroatoms. The molecule has 0 heterocycles. The molecular formula is C13H17BrO. The highest BCUT2D eigenvalue weighted by Crippen LogP contribution is 2.22. The van der Waals surface area contributed by atoms with Gasteiger partial charge in [-0.25, -0.2) is 0 Å². The Labute approximate surface area is 100 Å². The largest absolute Gasteiger partial charge is 0.294 e. The number of hydrogen-bond acceptors (Lipinski definition) is 1. The summed E-state index contributed by atoms with van der Waals surface area (Å²) in [5.41, 5.74) is 3.05. The molecule has 1 rings (SSSR count). The number of halogens is 1. The molecule has 1 aromatic carbocycles. The van der Waals surface area contributed by atoms with E-state index in [1.165, 1.54) is 0 Å².